The van der Waals surface area contributed by atoms with Crippen molar-refractivity contribution in [1.29, 1.82) is 0 Å². The van der Waals surface area contributed by atoms with Gasteiger partial charge in [0, 0.05) is 30.4 Å². The van der Waals surface area contributed by atoms with Gasteiger partial charge in [-0.25, -0.2) is 9.97 Å². The molecule has 0 aliphatic heterocycles. The lowest BCUT2D eigenvalue weighted by molar-refractivity contribution is 0.475. The number of nitrogen functional groups attached to an aromatic ring is 1. The monoisotopic (exact) mass is 263 g/mol. The van der Waals surface area contributed by atoms with E-state index in [0.717, 1.165) is 22.9 Å². The first-order valence-corrected chi connectivity index (χ1v) is 6.92. The molecule has 2 heterocycles. The molecule has 18 heavy (non-hydrogen) atoms. The van der Waals surface area contributed by atoms with Crippen LogP contribution in [0.5, 0.6) is 0 Å². The SMILES string of the molecule is CCC(C)n1ccc(CSc2nccnc2N)n1. The quantitative estimate of drug-likeness (QED) is 0.839. The maximum absolute atomic E-state index is 5.74. The van der Waals surface area contributed by atoms with E-state index in [1.165, 1.54) is 0 Å². The number of hydrogen-bond acceptors (Lipinski definition) is 5. The number of thioether (sulfide) groups is 1. The summed E-state index contributed by atoms with van der Waals surface area (Å²) >= 11 is 1.56. The normalized spacial score (nSPS) is 12.6. The zero-order chi connectivity index (χ0) is 13.0. The van der Waals surface area contributed by atoms with Gasteiger partial charge in [0.15, 0.2) is 5.82 Å². The number of nitrogens with two attached hydrogens (primary N) is 1. The van der Waals surface area contributed by atoms with E-state index in [-0.39, 0.29) is 0 Å². The minimum atomic E-state index is 0.435. The summed E-state index contributed by atoms with van der Waals surface area (Å²) in [5.41, 5.74) is 6.77. The van der Waals surface area contributed by atoms with Crippen LogP contribution < -0.4 is 5.73 Å². The van der Waals surface area contributed by atoms with Crippen LogP contribution in [0.4, 0.5) is 5.82 Å². The summed E-state index contributed by atoms with van der Waals surface area (Å²) < 4.78 is 2.00. The summed E-state index contributed by atoms with van der Waals surface area (Å²) in [4.78, 5) is 8.20. The number of aromatic nitrogens is 4. The largest absolute Gasteiger partial charge is 0.381 e. The molecular formula is C12H17N5S. The molecule has 2 N–H and O–H groups in total. The molecule has 2 rings (SSSR count). The minimum absolute atomic E-state index is 0.435. The maximum atomic E-state index is 5.74. The Morgan fingerprint density at radius 1 is 1.39 bits per heavy atom. The van der Waals surface area contributed by atoms with Crippen LogP contribution in [0.1, 0.15) is 32.0 Å². The minimum Gasteiger partial charge on any atom is -0.381 e. The number of rotatable bonds is 5. The molecule has 1 atom stereocenters. The summed E-state index contributed by atoms with van der Waals surface area (Å²) in [5, 5.41) is 5.29. The van der Waals surface area contributed by atoms with E-state index in [9.17, 15) is 0 Å². The van der Waals surface area contributed by atoms with E-state index >= 15 is 0 Å². The van der Waals surface area contributed by atoms with Gasteiger partial charge in [-0.1, -0.05) is 18.7 Å². The third kappa shape index (κ3) is 3.01. The lowest BCUT2D eigenvalue weighted by Crippen LogP contribution is -2.04. The Hall–Kier alpha value is -1.56. The Labute approximate surface area is 111 Å². The van der Waals surface area contributed by atoms with Gasteiger partial charge < -0.3 is 5.73 Å². The summed E-state index contributed by atoms with van der Waals surface area (Å²) in [7, 11) is 0. The van der Waals surface area contributed by atoms with Gasteiger partial charge in [-0.2, -0.15) is 5.10 Å². The van der Waals surface area contributed by atoms with E-state index in [0.29, 0.717) is 11.9 Å². The van der Waals surface area contributed by atoms with Crippen molar-refractivity contribution < 1.29 is 0 Å². The van der Waals surface area contributed by atoms with Gasteiger partial charge in [0.05, 0.1) is 5.69 Å². The van der Waals surface area contributed by atoms with E-state index < -0.39 is 0 Å². The van der Waals surface area contributed by atoms with Gasteiger partial charge in [0.2, 0.25) is 0 Å². The average Bonchev–Trinajstić information content (AvgIpc) is 2.86. The van der Waals surface area contributed by atoms with Crippen LogP contribution in [0.3, 0.4) is 0 Å². The molecule has 0 saturated heterocycles. The van der Waals surface area contributed by atoms with Crippen molar-refractivity contribution in [3.8, 4) is 0 Å². The second-order valence-electron chi connectivity index (χ2n) is 4.08. The van der Waals surface area contributed by atoms with Crippen molar-refractivity contribution in [2.45, 2.75) is 37.1 Å². The first-order valence-electron chi connectivity index (χ1n) is 5.94. The molecular weight excluding hydrogens is 246 g/mol. The Morgan fingerprint density at radius 3 is 2.89 bits per heavy atom. The first-order chi connectivity index (χ1) is 8.70. The summed E-state index contributed by atoms with van der Waals surface area (Å²) in [5.74, 6) is 1.23. The van der Waals surface area contributed by atoms with Crippen LogP contribution in [-0.4, -0.2) is 19.7 Å². The molecule has 96 valence electrons. The van der Waals surface area contributed by atoms with Gasteiger partial charge in [0.25, 0.3) is 0 Å². The van der Waals surface area contributed by atoms with Crippen molar-refractivity contribution in [3.05, 3.63) is 30.4 Å². The first kappa shape index (κ1) is 12.9. The molecule has 0 saturated carbocycles. The molecule has 0 aliphatic carbocycles. The van der Waals surface area contributed by atoms with Crippen molar-refractivity contribution in [2.24, 2.45) is 0 Å². The maximum Gasteiger partial charge on any atom is 0.156 e. The van der Waals surface area contributed by atoms with E-state index in [1.54, 1.807) is 24.2 Å². The van der Waals surface area contributed by atoms with Crippen molar-refractivity contribution in [3.63, 3.8) is 0 Å². The molecule has 0 aliphatic rings. The molecule has 0 aromatic carbocycles. The van der Waals surface area contributed by atoms with Crippen molar-refractivity contribution >= 4 is 17.6 Å². The fourth-order valence-electron chi connectivity index (χ4n) is 1.48. The number of anilines is 1. The Morgan fingerprint density at radius 2 is 2.17 bits per heavy atom. The van der Waals surface area contributed by atoms with E-state index in [2.05, 4.69) is 28.9 Å². The highest BCUT2D eigenvalue weighted by Crippen LogP contribution is 2.23. The average molecular weight is 263 g/mol. The number of nitrogens with zero attached hydrogens (tertiary/aromatic N) is 4. The smallest absolute Gasteiger partial charge is 0.156 e. The molecule has 0 fully saturated rings. The summed E-state index contributed by atoms with van der Waals surface area (Å²) in [6.07, 6.45) is 6.34. The Bertz CT molecular complexity index is 511. The molecule has 5 nitrogen and oxygen atoms in total. The molecule has 2 aromatic heterocycles. The van der Waals surface area contributed by atoms with Crippen LogP contribution in [0, 0.1) is 0 Å². The molecule has 0 radical (unpaired) electrons. The van der Waals surface area contributed by atoms with Crippen LogP contribution in [-0.2, 0) is 5.75 Å². The highest BCUT2D eigenvalue weighted by Gasteiger charge is 2.07. The third-order valence-corrected chi connectivity index (χ3v) is 3.78. The molecule has 0 bridgehead atoms. The fraction of sp³-hybridized carbons (Fsp3) is 0.417. The zero-order valence-corrected chi connectivity index (χ0v) is 11.4. The standard InChI is InChI=1S/C12H17N5S/c1-3-9(2)17-7-4-10(16-17)8-18-12-11(13)14-5-6-15-12/h4-7,9H,3,8H2,1-2H3,(H2,13,14). The van der Waals surface area contributed by atoms with E-state index in [4.69, 9.17) is 5.73 Å². The molecule has 0 amide bonds. The third-order valence-electron chi connectivity index (χ3n) is 2.75. The van der Waals surface area contributed by atoms with Gasteiger partial charge in [0.1, 0.15) is 5.03 Å². The lowest BCUT2D eigenvalue weighted by atomic mass is 10.3. The van der Waals surface area contributed by atoms with Crippen molar-refractivity contribution in [2.75, 3.05) is 5.73 Å². The highest BCUT2D eigenvalue weighted by molar-refractivity contribution is 7.98. The highest BCUT2D eigenvalue weighted by atomic mass is 32.2. The lowest BCUT2D eigenvalue weighted by Gasteiger charge is -2.08. The molecule has 6 heteroatoms. The van der Waals surface area contributed by atoms with Crippen LogP contribution in [0.15, 0.2) is 29.7 Å². The van der Waals surface area contributed by atoms with Gasteiger partial charge in [-0.05, 0) is 19.4 Å². The van der Waals surface area contributed by atoms with Gasteiger partial charge in [-0.3, -0.25) is 4.68 Å². The van der Waals surface area contributed by atoms with Crippen molar-refractivity contribution in [1.82, 2.24) is 19.7 Å². The molecule has 0 spiro atoms. The summed E-state index contributed by atoms with van der Waals surface area (Å²) in [6, 6.07) is 2.47. The van der Waals surface area contributed by atoms with Crippen LogP contribution in [0.2, 0.25) is 0 Å². The Kier molecular flexibility index (Phi) is 4.19. The zero-order valence-electron chi connectivity index (χ0n) is 10.6. The van der Waals surface area contributed by atoms with Crippen LogP contribution >= 0.6 is 11.8 Å². The second kappa shape index (κ2) is 5.86. The molecule has 1 unspecified atom stereocenters. The Balaban J connectivity index is 1.98. The summed E-state index contributed by atoms with van der Waals surface area (Å²) in [6.45, 7) is 4.31. The molecule has 2 aromatic rings. The predicted octanol–water partition coefficient (Wildman–Crippen LogP) is 2.52. The second-order valence-corrected chi connectivity index (χ2v) is 5.04. The fourth-order valence-corrected chi connectivity index (χ4v) is 2.25. The predicted molar refractivity (Wildman–Crippen MR) is 73.2 cm³/mol. The topological polar surface area (TPSA) is 69.6 Å². The number of hydrogen-bond donors (Lipinski definition) is 1. The van der Waals surface area contributed by atoms with Gasteiger partial charge >= 0.3 is 0 Å². The van der Waals surface area contributed by atoms with E-state index in [1.807, 2.05) is 16.9 Å². The van der Waals surface area contributed by atoms with Crippen LogP contribution in [0.25, 0.3) is 0 Å². The van der Waals surface area contributed by atoms with Gasteiger partial charge in [-0.15, -0.1) is 0 Å².